The van der Waals surface area contributed by atoms with Crippen LogP contribution in [0, 0.1) is 0 Å². The highest BCUT2D eigenvalue weighted by atomic mass is 16.5. The monoisotopic (exact) mass is 301 g/mol. The molecule has 0 saturated carbocycles. The molecular formula is C17H19NO4. The largest absolute Gasteiger partial charge is 0.488 e. The van der Waals surface area contributed by atoms with Crippen molar-refractivity contribution >= 4 is 5.97 Å². The Bertz CT molecular complexity index is 689. The number of hydrogen-bond donors (Lipinski definition) is 0. The molecule has 0 amide bonds. The number of carbonyl (C=O) groups excluding carboxylic acids is 1. The average molecular weight is 301 g/mol. The van der Waals surface area contributed by atoms with Crippen LogP contribution in [0.3, 0.4) is 0 Å². The van der Waals surface area contributed by atoms with Crippen LogP contribution in [0.4, 0.5) is 0 Å². The number of pyridine rings is 1. The number of hydrogen-bond acceptors (Lipinski definition) is 4. The van der Waals surface area contributed by atoms with E-state index in [4.69, 9.17) is 4.74 Å². The van der Waals surface area contributed by atoms with Gasteiger partial charge in [-0.05, 0) is 36.2 Å². The van der Waals surface area contributed by atoms with Crippen molar-refractivity contribution < 1.29 is 14.3 Å². The summed E-state index contributed by atoms with van der Waals surface area (Å²) in [5, 5.41) is 0. The SMILES string of the molecule is CCCOc1cccn(Cc2ccc(C(=O)OC)cc2)c1=O. The van der Waals surface area contributed by atoms with E-state index in [0.29, 0.717) is 24.5 Å². The molecule has 0 fully saturated rings. The molecule has 0 N–H and O–H groups in total. The lowest BCUT2D eigenvalue weighted by Crippen LogP contribution is -2.22. The third-order valence-electron chi connectivity index (χ3n) is 3.17. The minimum Gasteiger partial charge on any atom is -0.488 e. The molecule has 2 rings (SSSR count). The summed E-state index contributed by atoms with van der Waals surface area (Å²) < 4.78 is 11.7. The first kappa shape index (κ1) is 15.8. The lowest BCUT2D eigenvalue weighted by molar-refractivity contribution is 0.0600. The van der Waals surface area contributed by atoms with Crippen molar-refractivity contribution in [1.82, 2.24) is 4.57 Å². The quantitative estimate of drug-likeness (QED) is 0.769. The molecule has 5 nitrogen and oxygen atoms in total. The van der Waals surface area contributed by atoms with Gasteiger partial charge in [-0.2, -0.15) is 0 Å². The van der Waals surface area contributed by atoms with E-state index >= 15 is 0 Å². The molecular weight excluding hydrogens is 282 g/mol. The lowest BCUT2D eigenvalue weighted by atomic mass is 10.1. The van der Waals surface area contributed by atoms with E-state index in [1.807, 2.05) is 6.92 Å². The van der Waals surface area contributed by atoms with Crippen LogP contribution in [0.5, 0.6) is 5.75 Å². The minimum absolute atomic E-state index is 0.159. The molecule has 0 aliphatic heterocycles. The number of benzene rings is 1. The van der Waals surface area contributed by atoms with E-state index in [0.717, 1.165) is 12.0 Å². The van der Waals surface area contributed by atoms with Crippen molar-refractivity contribution in [3.63, 3.8) is 0 Å². The Hall–Kier alpha value is -2.56. The van der Waals surface area contributed by atoms with Gasteiger partial charge in [0.05, 0.1) is 25.8 Å². The number of nitrogens with zero attached hydrogens (tertiary/aromatic N) is 1. The van der Waals surface area contributed by atoms with Gasteiger partial charge in [-0.1, -0.05) is 19.1 Å². The first-order chi connectivity index (χ1) is 10.7. The first-order valence-corrected chi connectivity index (χ1v) is 7.15. The highest BCUT2D eigenvalue weighted by molar-refractivity contribution is 5.89. The summed E-state index contributed by atoms with van der Waals surface area (Å²) in [4.78, 5) is 23.7. The van der Waals surface area contributed by atoms with Gasteiger partial charge in [0, 0.05) is 6.20 Å². The molecule has 22 heavy (non-hydrogen) atoms. The van der Waals surface area contributed by atoms with Crippen LogP contribution in [0.15, 0.2) is 47.4 Å². The van der Waals surface area contributed by atoms with Gasteiger partial charge >= 0.3 is 5.97 Å². The Balaban J connectivity index is 2.17. The number of carbonyl (C=O) groups is 1. The van der Waals surface area contributed by atoms with Crippen molar-refractivity contribution in [2.45, 2.75) is 19.9 Å². The van der Waals surface area contributed by atoms with E-state index < -0.39 is 0 Å². The average Bonchev–Trinajstić information content (AvgIpc) is 2.55. The molecule has 0 radical (unpaired) electrons. The highest BCUT2D eigenvalue weighted by Crippen LogP contribution is 2.08. The summed E-state index contributed by atoms with van der Waals surface area (Å²) >= 11 is 0. The summed E-state index contributed by atoms with van der Waals surface area (Å²) in [7, 11) is 1.34. The number of esters is 1. The minimum atomic E-state index is -0.376. The molecule has 5 heteroatoms. The lowest BCUT2D eigenvalue weighted by Gasteiger charge is -2.09. The van der Waals surface area contributed by atoms with Gasteiger partial charge < -0.3 is 14.0 Å². The molecule has 0 unspecified atom stereocenters. The van der Waals surface area contributed by atoms with Crippen LogP contribution >= 0.6 is 0 Å². The second kappa shape index (κ2) is 7.45. The van der Waals surface area contributed by atoms with Crippen molar-refractivity contribution in [3.8, 4) is 5.75 Å². The van der Waals surface area contributed by atoms with Gasteiger partial charge in [-0.25, -0.2) is 4.79 Å². The molecule has 0 bridgehead atoms. The Morgan fingerprint density at radius 2 is 1.91 bits per heavy atom. The molecule has 2 aromatic rings. The van der Waals surface area contributed by atoms with Crippen molar-refractivity contribution in [2.24, 2.45) is 0 Å². The van der Waals surface area contributed by atoms with Crippen LogP contribution in [0.2, 0.25) is 0 Å². The van der Waals surface area contributed by atoms with Crippen molar-refractivity contribution in [2.75, 3.05) is 13.7 Å². The van der Waals surface area contributed by atoms with Gasteiger partial charge in [-0.15, -0.1) is 0 Å². The molecule has 1 aromatic heterocycles. The molecule has 0 saturated heterocycles. The van der Waals surface area contributed by atoms with Gasteiger partial charge in [0.1, 0.15) is 0 Å². The maximum atomic E-state index is 12.3. The van der Waals surface area contributed by atoms with Gasteiger partial charge in [0.2, 0.25) is 0 Å². The van der Waals surface area contributed by atoms with Gasteiger partial charge in [0.15, 0.2) is 5.75 Å². The summed E-state index contributed by atoms with van der Waals surface area (Å²) in [6, 6.07) is 10.4. The fraction of sp³-hybridized carbons (Fsp3) is 0.294. The molecule has 0 aliphatic carbocycles. The molecule has 0 spiro atoms. The third kappa shape index (κ3) is 3.75. The number of aromatic nitrogens is 1. The van der Waals surface area contributed by atoms with E-state index in [2.05, 4.69) is 4.74 Å². The number of methoxy groups -OCH3 is 1. The zero-order valence-electron chi connectivity index (χ0n) is 12.7. The predicted octanol–water partition coefficient (Wildman–Crippen LogP) is 2.47. The van der Waals surface area contributed by atoms with E-state index in [-0.39, 0.29) is 11.5 Å². The predicted molar refractivity (Wildman–Crippen MR) is 83.4 cm³/mol. The standard InChI is InChI=1S/C17H19NO4/c1-3-11-22-15-5-4-10-18(16(15)19)12-13-6-8-14(9-7-13)17(20)21-2/h4-10H,3,11-12H2,1-2H3. The zero-order chi connectivity index (χ0) is 15.9. The molecule has 0 atom stereocenters. The Morgan fingerprint density at radius 3 is 2.55 bits per heavy atom. The van der Waals surface area contributed by atoms with Crippen LogP contribution in [-0.4, -0.2) is 24.3 Å². The van der Waals surface area contributed by atoms with Gasteiger partial charge in [0.25, 0.3) is 5.56 Å². The number of ether oxygens (including phenoxy) is 2. The zero-order valence-corrected chi connectivity index (χ0v) is 12.7. The second-order valence-electron chi connectivity index (χ2n) is 4.84. The van der Waals surface area contributed by atoms with Crippen LogP contribution in [-0.2, 0) is 11.3 Å². The summed E-state index contributed by atoms with van der Waals surface area (Å²) in [5.41, 5.74) is 1.24. The maximum absolute atomic E-state index is 12.3. The normalized spacial score (nSPS) is 10.3. The van der Waals surface area contributed by atoms with Crippen LogP contribution in [0.25, 0.3) is 0 Å². The van der Waals surface area contributed by atoms with E-state index in [9.17, 15) is 9.59 Å². The summed E-state index contributed by atoms with van der Waals surface area (Å²) in [6.07, 6.45) is 2.57. The molecule has 0 aliphatic rings. The van der Waals surface area contributed by atoms with Crippen molar-refractivity contribution in [1.29, 1.82) is 0 Å². The first-order valence-electron chi connectivity index (χ1n) is 7.15. The smallest absolute Gasteiger partial charge is 0.337 e. The molecule has 1 heterocycles. The topological polar surface area (TPSA) is 57.5 Å². The van der Waals surface area contributed by atoms with E-state index in [1.165, 1.54) is 7.11 Å². The highest BCUT2D eigenvalue weighted by Gasteiger charge is 2.07. The summed E-state index contributed by atoms with van der Waals surface area (Å²) in [5.74, 6) is -0.0192. The second-order valence-corrected chi connectivity index (χ2v) is 4.84. The Kier molecular flexibility index (Phi) is 5.36. The Labute approximate surface area is 129 Å². The fourth-order valence-electron chi connectivity index (χ4n) is 2.02. The molecule has 1 aromatic carbocycles. The molecule has 116 valence electrons. The van der Waals surface area contributed by atoms with Crippen molar-refractivity contribution in [3.05, 3.63) is 64.1 Å². The third-order valence-corrected chi connectivity index (χ3v) is 3.17. The van der Waals surface area contributed by atoms with Crippen LogP contribution < -0.4 is 10.3 Å². The number of rotatable bonds is 6. The van der Waals surface area contributed by atoms with Gasteiger partial charge in [-0.3, -0.25) is 4.79 Å². The maximum Gasteiger partial charge on any atom is 0.337 e. The Morgan fingerprint density at radius 1 is 1.18 bits per heavy atom. The van der Waals surface area contributed by atoms with Crippen LogP contribution in [0.1, 0.15) is 29.3 Å². The van der Waals surface area contributed by atoms with E-state index in [1.54, 1.807) is 47.2 Å². The summed E-state index contributed by atoms with van der Waals surface area (Å²) in [6.45, 7) is 2.93. The fourth-order valence-corrected chi connectivity index (χ4v) is 2.02.